The smallest absolute Gasteiger partial charge is 0.210 e. The molecule has 0 saturated carbocycles. The Morgan fingerprint density at radius 1 is 0.905 bits per heavy atom. The molecular formula is C16H18O4S. The van der Waals surface area contributed by atoms with Gasteiger partial charge in [0.2, 0.25) is 9.84 Å². The molecule has 0 spiro atoms. The molecule has 2 aromatic carbocycles. The molecule has 5 heteroatoms. The van der Waals surface area contributed by atoms with Crippen molar-refractivity contribution in [3.63, 3.8) is 0 Å². The van der Waals surface area contributed by atoms with Crippen LogP contribution in [0.2, 0.25) is 0 Å². The van der Waals surface area contributed by atoms with E-state index in [1.54, 1.807) is 39.8 Å². The zero-order chi connectivity index (χ0) is 15.9. The highest BCUT2D eigenvalue weighted by atomic mass is 32.2. The first kappa shape index (κ1) is 15.4. The lowest BCUT2D eigenvalue weighted by molar-refractivity contribution is 0.452. The van der Waals surface area contributed by atoms with Crippen molar-refractivity contribution in [3.8, 4) is 11.5 Å². The van der Waals surface area contributed by atoms with Crippen LogP contribution in [0.3, 0.4) is 0 Å². The molecule has 0 unspecified atom stereocenters. The van der Waals surface area contributed by atoms with Gasteiger partial charge in [-0.1, -0.05) is 12.1 Å². The lowest BCUT2D eigenvalue weighted by Crippen LogP contribution is -2.07. The molecule has 2 aromatic rings. The van der Waals surface area contributed by atoms with Gasteiger partial charge in [0.1, 0.15) is 16.4 Å². The first-order valence-electron chi connectivity index (χ1n) is 6.50. The van der Waals surface area contributed by atoms with Crippen molar-refractivity contribution in [2.45, 2.75) is 37.5 Å². The predicted octanol–water partition coefficient (Wildman–Crippen LogP) is 3.16. The third kappa shape index (κ3) is 2.49. The number of aryl methyl sites for hydroxylation is 3. The van der Waals surface area contributed by atoms with Crippen LogP contribution in [0, 0.1) is 27.7 Å². The number of hydrogen-bond donors (Lipinski definition) is 2. The standard InChI is InChI=1S/C16H18O4S/c1-9-7-13(17)12(4)14(8-9)21(19,20)16-11(3)6-5-10(2)15(16)18/h5-8,17-18H,1-4H3. The molecule has 0 radical (unpaired) electrons. The molecule has 4 nitrogen and oxygen atoms in total. The second kappa shape index (κ2) is 5.07. The minimum atomic E-state index is -3.91. The van der Waals surface area contributed by atoms with E-state index in [1.165, 1.54) is 12.1 Å². The van der Waals surface area contributed by atoms with E-state index in [9.17, 15) is 18.6 Å². The Morgan fingerprint density at radius 3 is 2.10 bits per heavy atom. The maximum absolute atomic E-state index is 12.9. The monoisotopic (exact) mass is 306 g/mol. The van der Waals surface area contributed by atoms with Crippen LogP contribution in [-0.2, 0) is 9.84 Å². The van der Waals surface area contributed by atoms with Gasteiger partial charge in [-0.2, -0.15) is 0 Å². The number of phenols is 2. The summed E-state index contributed by atoms with van der Waals surface area (Å²) in [5.41, 5.74) is 1.88. The lowest BCUT2D eigenvalue weighted by atomic mass is 10.1. The Labute approximate surface area is 124 Å². The van der Waals surface area contributed by atoms with Crippen molar-refractivity contribution in [1.82, 2.24) is 0 Å². The Kier molecular flexibility index (Phi) is 3.72. The van der Waals surface area contributed by atoms with Crippen LogP contribution in [0.1, 0.15) is 22.3 Å². The Hall–Kier alpha value is -2.01. The predicted molar refractivity (Wildman–Crippen MR) is 80.6 cm³/mol. The van der Waals surface area contributed by atoms with Gasteiger partial charge in [-0.05, 0) is 56.5 Å². The fourth-order valence-electron chi connectivity index (χ4n) is 2.31. The number of hydrogen-bond acceptors (Lipinski definition) is 4. The average Bonchev–Trinajstić information content (AvgIpc) is 2.38. The zero-order valence-electron chi connectivity index (χ0n) is 12.4. The highest BCUT2D eigenvalue weighted by Gasteiger charge is 2.27. The number of phenolic OH excluding ortho intramolecular Hbond substituents is 2. The lowest BCUT2D eigenvalue weighted by Gasteiger charge is -2.14. The van der Waals surface area contributed by atoms with E-state index in [2.05, 4.69) is 0 Å². The molecule has 0 aliphatic rings. The fraction of sp³-hybridized carbons (Fsp3) is 0.250. The number of aromatic hydroxyl groups is 2. The van der Waals surface area contributed by atoms with Crippen molar-refractivity contribution in [2.24, 2.45) is 0 Å². The summed E-state index contributed by atoms with van der Waals surface area (Å²) in [6.45, 7) is 6.54. The summed E-state index contributed by atoms with van der Waals surface area (Å²) in [4.78, 5) is -0.0837. The van der Waals surface area contributed by atoms with Crippen molar-refractivity contribution in [1.29, 1.82) is 0 Å². The molecule has 0 aromatic heterocycles. The molecule has 21 heavy (non-hydrogen) atoms. The van der Waals surface area contributed by atoms with Gasteiger partial charge >= 0.3 is 0 Å². The van der Waals surface area contributed by atoms with Gasteiger partial charge in [-0.3, -0.25) is 0 Å². The Bertz CT molecular complexity index is 821. The molecule has 0 aliphatic carbocycles. The highest BCUT2D eigenvalue weighted by molar-refractivity contribution is 7.91. The van der Waals surface area contributed by atoms with Crippen LogP contribution < -0.4 is 0 Å². The van der Waals surface area contributed by atoms with E-state index >= 15 is 0 Å². The summed E-state index contributed by atoms with van der Waals surface area (Å²) in [7, 11) is -3.91. The molecule has 0 fully saturated rings. The summed E-state index contributed by atoms with van der Waals surface area (Å²) in [5.74, 6) is -0.311. The zero-order valence-corrected chi connectivity index (χ0v) is 13.2. The van der Waals surface area contributed by atoms with Gasteiger partial charge in [0.05, 0.1) is 4.90 Å². The van der Waals surface area contributed by atoms with Crippen LogP contribution in [-0.4, -0.2) is 18.6 Å². The van der Waals surface area contributed by atoms with Gasteiger partial charge in [0.25, 0.3) is 0 Å². The highest BCUT2D eigenvalue weighted by Crippen LogP contribution is 2.37. The van der Waals surface area contributed by atoms with Gasteiger partial charge in [0.15, 0.2) is 0 Å². The van der Waals surface area contributed by atoms with E-state index < -0.39 is 9.84 Å². The van der Waals surface area contributed by atoms with E-state index in [1.807, 2.05) is 0 Å². The second-order valence-corrected chi connectivity index (χ2v) is 7.14. The minimum absolute atomic E-state index is 0.0176. The quantitative estimate of drug-likeness (QED) is 0.893. The summed E-state index contributed by atoms with van der Waals surface area (Å²) in [6.07, 6.45) is 0. The van der Waals surface area contributed by atoms with E-state index in [-0.39, 0.29) is 26.9 Å². The van der Waals surface area contributed by atoms with Crippen LogP contribution in [0.15, 0.2) is 34.1 Å². The molecule has 2 rings (SSSR count). The van der Waals surface area contributed by atoms with E-state index in [4.69, 9.17) is 0 Å². The third-order valence-electron chi connectivity index (χ3n) is 3.57. The number of benzene rings is 2. The summed E-state index contributed by atoms with van der Waals surface area (Å²) in [6, 6.07) is 6.35. The van der Waals surface area contributed by atoms with Gasteiger partial charge in [-0.25, -0.2) is 8.42 Å². The molecular weight excluding hydrogens is 288 g/mol. The largest absolute Gasteiger partial charge is 0.508 e. The minimum Gasteiger partial charge on any atom is -0.508 e. The molecule has 112 valence electrons. The topological polar surface area (TPSA) is 74.6 Å². The van der Waals surface area contributed by atoms with Crippen LogP contribution in [0.5, 0.6) is 11.5 Å². The fourth-order valence-corrected chi connectivity index (χ4v) is 4.28. The van der Waals surface area contributed by atoms with Crippen LogP contribution in [0.4, 0.5) is 0 Å². The van der Waals surface area contributed by atoms with Crippen molar-refractivity contribution in [2.75, 3.05) is 0 Å². The normalized spacial score (nSPS) is 11.6. The van der Waals surface area contributed by atoms with Gasteiger partial charge < -0.3 is 10.2 Å². The summed E-state index contributed by atoms with van der Waals surface area (Å²) < 4.78 is 25.8. The molecule has 0 heterocycles. The first-order chi connectivity index (χ1) is 9.66. The average molecular weight is 306 g/mol. The Morgan fingerprint density at radius 2 is 1.48 bits per heavy atom. The first-order valence-corrected chi connectivity index (χ1v) is 7.99. The number of rotatable bonds is 2. The third-order valence-corrected chi connectivity index (χ3v) is 5.62. The van der Waals surface area contributed by atoms with Gasteiger partial charge in [-0.15, -0.1) is 0 Å². The molecule has 0 amide bonds. The van der Waals surface area contributed by atoms with Crippen molar-refractivity contribution >= 4 is 9.84 Å². The summed E-state index contributed by atoms with van der Waals surface area (Å²) >= 11 is 0. The van der Waals surface area contributed by atoms with Crippen LogP contribution in [0.25, 0.3) is 0 Å². The second-order valence-electron chi connectivity index (χ2n) is 5.29. The van der Waals surface area contributed by atoms with Crippen LogP contribution >= 0.6 is 0 Å². The molecule has 0 atom stereocenters. The molecule has 0 aliphatic heterocycles. The molecule has 0 saturated heterocycles. The van der Waals surface area contributed by atoms with E-state index in [0.717, 1.165) is 0 Å². The van der Waals surface area contributed by atoms with E-state index in [0.29, 0.717) is 16.7 Å². The maximum atomic E-state index is 12.9. The maximum Gasteiger partial charge on any atom is 0.210 e. The molecule has 2 N–H and O–H groups in total. The SMILES string of the molecule is Cc1cc(O)c(C)c(S(=O)(=O)c2c(C)ccc(C)c2O)c1. The molecule has 0 bridgehead atoms. The van der Waals surface area contributed by atoms with Crippen molar-refractivity contribution < 1.29 is 18.6 Å². The number of sulfone groups is 1. The Balaban J connectivity index is 2.84. The summed E-state index contributed by atoms with van der Waals surface area (Å²) in [5, 5.41) is 20.0. The van der Waals surface area contributed by atoms with Gasteiger partial charge in [0, 0.05) is 5.56 Å². The van der Waals surface area contributed by atoms with Crippen molar-refractivity contribution in [3.05, 3.63) is 46.5 Å².